The van der Waals surface area contributed by atoms with Crippen LogP contribution >= 0.6 is 0 Å². The first-order valence-electron chi connectivity index (χ1n) is 6.98. The Labute approximate surface area is 120 Å². The Kier molecular flexibility index (Phi) is 4.49. The van der Waals surface area contributed by atoms with Gasteiger partial charge >= 0.3 is 0 Å². The van der Waals surface area contributed by atoms with Gasteiger partial charge in [-0.1, -0.05) is 6.07 Å². The Bertz CT molecular complexity index is 490. The molecule has 2 rings (SSSR count). The number of hydrogen-bond donors (Lipinski definition) is 2. The van der Waals surface area contributed by atoms with Crippen LogP contribution in [0.2, 0.25) is 0 Å². The summed E-state index contributed by atoms with van der Waals surface area (Å²) in [4.78, 5) is 14.0. The van der Waals surface area contributed by atoms with E-state index in [1.807, 2.05) is 26.1 Å². The Morgan fingerprint density at radius 1 is 1.50 bits per heavy atom. The number of carbonyl (C=O) groups excluding carboxylic acids is 1. The van der Waals surface area contributed by atoms with Crippen LogP contribution in [0.5, 0.6) is 5.75 Å². The first-order valence-corrected chi connectivity index (χ1v) is 6.98. The first-order chi connectivity index (χ1) is 9.60. The number of amides is 1. The fraction of sp³-hybridized carbons (Fsp3) is 0.533. The van der Waals surface area contributed by atoms with Gasteiger partial charge in [0.25, 0.3) is 0 Å². The number of nitrogens with one attached hydrogen (secondary N) is 2. The largest absolute Gasteiger partial charge is 0.496 e. The maximum Gasteiger partial charge on any atom is 0.242 e. The molecule has 20 heavy (non-hydrogen) atoms. The molecule has 5 nitrogen and oxygen atoms in total. The zero-order valence-electron chi connectivity index (χ0n) is 12.6. The van der Waals surface area contributed by atoms with Gasteiger partial charge in [0.15, 0.2) is 0 Å². The Hall–Kier alpha value is -1.75. The van der Waals surface area contributed by atoms with Crippen molar-refractivity contribution >= 4 is 11.6 Å². The lowest BCUT2D eigenvalue weighted by atomic mass is 10.0. The van der Waals surface area contributed by atoms with Crippen molar-refractivity contribution in [3.8, 4) is 5.75 Å². The maximum absolute atomic E-state index is 11.9. The molecule has 1 saturated heterocycles. The number of carbonyl (C=O) groups is 1. The lowest BCUT2D eigenvalue weighted by Crippen LogP contribution is -2.54. The highest BCUT2D eigenvalue weighted by atomic mass is 16.5. The van der Waals surface area contributed by atoms with E-state index in [9.17, 15) is 4.79 Å². The molecule has 2 N–H and O–H groups in total. The molecule has 0 saturated carbocycles. The predicted octanol–water partition coefficient (Wildman–Crippen LogP) is 1.30. The van der Waals surface area contributed by atoms with E-state index in [0.717, 1.165) is 23.5 Å². The highest BCUT2D eigenvalue weighted by molar-refractivity contribution is 5.86. The number of hydrogen-bond acceptors (Lipinski definition) is 4. The van der Waals surface area contributed by atoms with E-state index in [-0.39, 0.29) is 18.0 Å². The zero-order chi connectivity index (χ0) is 14.7. The number of methoxy groups -OCH3 is 1. The average Bonchev–Trinajstić information content (AvgIpc) is 2.48. The molecule has 2 unspecified atom stereocenters. The fourth-order valence-electron chi connectivity index (χ4n) is 2.65. The summed E-state index contributed by atoms with van der Waals surface area (Å²) in [5.74, 6) is 0.921. The van der Waals surface area contributed by atoms with E-state index in [4.69, 9.17) is 4.74 Å². The minimum absolute atomic E-state index is 0.0714. The van der Waals surface area contributed by atoms with Crippen molar-refractivity contribution in [1.29, 1.82) is 0 Å². The third kappa shape index (κ3) is 2.58. The van der Waals surface area contributed by atoms with Crippen molar-refractivity contribution in [2.45, 2.75) is 25.9 Å². The predicted molar refractivity (Wildman–Crippen MR) is 80.3 cm³/mol. The highest BCUT2D eigenvalue weighted by Gasteiger charge is 2.29. The summed E-state index contributed by atoms with van der Waals surface area (Å²) >= 11 is 0. The molecule has 1 amide bonds. The summed E-state index contributed by atoms with van der Waals surface area (Å²) in [5, 5.41) is 6.15. The molecule has 0 spiro atoms. The second-order valence-corrected chi connectivity index (χ2v) is 5.06. The normalized spacial score (nSPS) is 20.5. The number of rotatable bonds is 4. The van der Waals surface area contributed by atoms with Crippen LogP contribution in [0.25, 0.3) is 0 Å². The zero-order valence-corrected chi connectivity index (χ0v) is 12.6. The number of nitrogens with zero attached hydrogens (tertiary/aromatic N) is 1. The summed E-state index contributed by atoms with van der Waals surface area (Å²) < 4.78 is 5.49. The molecular formula is C15H23N3O2. The molecule has 0 bridgehead atoms. The van der Waals surface area contributed by atoms with Gasteiger partial charge in [0.2, 0.25) is 5.91 Å². The van der Waals surface area contributed by atoms with Crippen LogP contribution in [0, 0.1) is 0 Å². The van der Waals surface area contributed by atoms with Gasteiger partial charge in [0.1, 0.15) is 11.8 Å². The van der Waals surface area contributed by atoms with Gasteiger partial charge in [-0.25, -0.2) is 0 Å². The fourth-order valence-corrected chi connectivity index (χ4v) is 2.65. The molecule has 0 aromatic heterocycles. The molecule has 1 aliphatic heterocycles. The van der Waals surface area contributed by atoms with E-state index >= 15 is 0 Å². The third-order valence-electron chi connectivity index (χ3n) is 3.94. The summed E-state index contributed by atoms with van der Waals surface area (Å²) in [6, 6.07) is 5.97. The lowest BCUT2D eigenvalue weighted by molar-refractivity contribution is -0.122. The minimum Gasteiger partial charge on any atom is -0.496 e. The van der Waals surface area contributed by atoms with Gasteiger partial charge in [-0.2, -0.15) is 0 Å². The standard InChI is InChI=1S/C15H23N3O2/c1-10(16-3)14-12(6-5-7-13(14)20-4)18-9-8-17-15(19)11(18)2/h5-7,10-11,16H,8-9H2,1-4H3,(H,17,19). The third-order valence-corrected chi connectivity index (χ3v) is 3.94. The molecule has 110 valence electrons. The quantitative estimate of drug-likeness (QED) is 0.871. The van der Waals surface area contributed by atoms with Crippen LogP contribution in [0.15, 0.2) is 18.2 Å². The van der Waals surface area contributed by atoms with Gasteiger partial charge in [0, 0.05) is 30.4 Å². The summed E-state index contributed by atoms with van der Waals surface area (Å²) in [5.41, 5.74) is 2.16. The van der Waals surface area contributed by atoms with Gasteiger partial charge in [-0.15, -0.1) is 0 Å². The van der Waals surface area contributed by atoms with Gasteiger partial charge in [-0.05, 0) is 33.0 Å². The van der Waals surface area contributed by atoms with E-state index in [2.05, 4.69) is 28.5 Å². The molecule has 1 heterocycles. The SMILES string of the molecule is CNC(C)c1c(OC)cccc1N1CCNC(=O)C1C. The number of anilines is 1. The van der Waals surface area contributed by atoms with E-state index < -0.39 is 0 Å². The van der Waals surface area contributed by atoms with Crippen LogP contribution < -0.4 is 20.3 Å². The van der Waals surface area contributed by atoms with E-state index in [0.29, 0.717) is 6.54 Å². The lowest BCUT2D eigenvalue weighted by Gasteiger charge is -2.37. The van der Waals surface area contributed by atoms with Crippen LogP contribution in [0.1, 0.15) is 25.5 Å². The van der Waals surface area contributed by atoms with Crippen molar-refractivity contribution < 1.29 is 9.53 Å². The van der Waals surface area contributed by atoms with Gasteiger partial charge in [-0.3, -0.25) is 4.79 Å². The topological polar surface area (TPSA) is 53.6 Å². The molecule has 1 fully saturated rings. The van der Waals surface area contributed by atoms with E-state index in [1.54, 1.807) is 7.11 Å². The molecule has 2 atom stereocenters. The summed E-state index contributed by atoms with van der Waals surface area (Å²) in [6.07, 6.45) is 0. The molecule has 1 aliphatic rings. The highest BCUT2D eigenvalue weighted by Crippen LogP contribution is 2.35. The van der Waals surface area contributed by atoms with Crippen LogP contribution in [0.4, 0.5) is 5.69 Å². The molecule has 0 radical (unpaired) electrons. The van der Waals surface area contributed by atoms with Gasteiger partial charge < -0.3 is 20.3 Å². The number of piperazine rings is 1. The second-order valence-electron chi connectivity index (χ2n) is 5.06. The van der Waals surface area contributed by atoms with Crippen molar-refractivity contribution in [2.24, 2.45) is 0 Å². The van der Waals surface area contributed by atoms with Crippen LogP contribution in [0.3, 0.4) is 0 Å². The van der Waals surface area contributed by atoms with Crippen LogP contribution in [-0.4, -0.2) is 39.2 Å². The molecule has 0 aliphatic carbocycles. The van der Waals surface area contributed by atoms with Crippen LogP contribution in [-0.2, 0) is 4.79 Å². The second kappa shape index (κ2) is 6.13. The molecule has 5 heteroatoms. The monoisotopic (exact) mass is 277 g/mol. The summed E-state index contributed by atoms with van der Waals surface area (Å²) in [6.45, 7) is 5.51. The van der Waals surface area contributed by atoms with Crippen molar-refractivity contribution in [1.82, 2.24) is 10.6 Å². The van der Waals surface area contributed by atoms with Crippen molar-refractivity contribution in [3.05, 3.63) is 23.8 Å². The number of ether oxygens (including phenoxy) is 1. The maximum atomic E-state index is 11.9. The minimum atomic E-state index is -0.168. The first kappa shape index (κ1) is 14.7. The smallest absolute Gasteiger partial charge is 0.242 e. The Balaban J connectivity index is 2.47. The molecule has 1 aromatic carbocycles. The Morgan fingerprint density at radius 3 is 2.90 bits per heavy atom. The summed E-state index contributed by atoms with van der Waals surface area (Å²) in [7, 11) is 3.60. The van der Waals surface area contributed by atoms with Gasteiger partial charge in [0.05, 0.1) is 7.11 Å². The molecular weight excluding hydrogens is 254 g/mol. The molecule has 1 aromatic rings. The Morgan fingerprint density at radius 2 is 2.25 bits per heavy atom. The van der Waals surface area contributed by atoms with E-state index in [1.165, 1.54) is 0 Å². The van der Waals surface area contributed by atoms with Crippen molar-refractivity contribution in [2.75, 3.05) is 32.1 Å². The average molecular weight is 277 g/mol. The number of benzene rings is 1. The van der Waals surface area contributed by atoms with Crippen molar-refractivity contribution in [3.63, 3.8) is 0 Å².